The van der Waals surface area contributed by atoms with Gasteiger partial charge in [-0.05, 0) is 58.7 Å². The molecule has 0 saturated heterocycles. The first kappa shape index (κ1) is 25.5. The van der Waals surface area contributed by atoms with Crippen molar-refractivity contribution in [2.24, 2.45) is 0 Å². The number of hydrogen-bond donors (Lipinski definition) is 2. The lowest BCUT2D eigenvalue weighted by molar-refractivity contribution is -0.119. The van der Waals surface area contributed by atoms with Gasteiger partial charge < -0.3 is 19.4 Å². The van der Waals surface area contributed by atoms with Crippen molar-refractivity contribution < 1.29 is 14.3 Å². The zero-order valence-corrected chi connectivity index (χ0v) is 22.7. The zero-order valence-electron chi connectivity index (χ0n) is 22.7. The third kappa shape index (κ3) is 4.98. The summed E-state index contributed by atoms with van der Waals surface area (Å²) in [4.78, 5) is 20.9. The average molecular weight is 529 g/mol. The Morgan fingerprint density at radius 3 is 1.40 bits per heavy atom. The number of Topliss-reactive ketones (excluding diaryl/α,β-unsaturated/α-hetero) is 1. The molecule has 0 spiro atoms. The molecular weight excluding hydrogens is 496 g/mol. The lowest BCUT2D eigenvalue weighted by atomic mass is 9.82. The molecule has 0 fully saturated rings. The van der Waals surface area contributed by atoms with Crippen molar-refractivity contribution >= 4 is 27.6 Å². The number of hydrogen-bond acceptors (Lipinski definition) is 3. The molecule has 2 atom stereocenters. The Morgan fingerprint density at radius 1 is 0.600 bits per heavy atom. The van der Waals surface area contributed by atoms with Crippen molar-refractivity contribution in [3.8, 4) is 11.5 Å². The molecule has 2 aromatic heterocycles. The van der Waals surface area contributed by atoms with Crippen molar-refractivity contribution in [2.45, 2.75) is 24.7 Å². The number of aromatic amines is 2. The Balaban J connectivity index is 1.36. The van der Waals surface area contributed by atoms with Crippen LogP contribution in [0, 0.1) is 0 Å². The predicted molar refractivity (Wildman–Crippen MR) is 161 cm³/mol. The summed E-state index contributed by atoms with van der Waals surface area (Å²) >= 11 is 0. The second-order valence-corrected chi connectivity index (χ2v) is 10.2. The van der Waals surface area contributed by atoms with Crippen molar-refractivity contribution in [2.75, 3.05) is 14.2 Å². The molecule has 2 unspecified atom stereocenters. The Morgan fingerprint density at radius 2 is 1.00 bits per heavy atom. The van der Waals surface area contributed by atoms with Crippen molar-refractivity contribution in [1.82, 2.24) is 9.97 Å². The monoisotopic (exact) mass is 528 g/mol. The van der Waals surface area contributed by atoms with Gasteiger partial charge in [-0.1, -0.05) is 60.7 Å². The lowest BCUT2D eigenvalue weighted by Crippen LogP contribution is -2.13. The molecule has 5 nitrogen and oxygen atoms in total. The molecule has 2 N–H and O–H groups in total. The first-order valence-electron chi connectivity index (χ1n) is 13.6. The van der Waals surface area contributed by atoms with Gasteiger partial charge in [-0.25, -0.2) is 0 Å². The third-order valence-electron chi connectivity index (χ3n) is 7.89. The number of fused-ring (bicyclic) bond motifs is 2. The Hall–Kier alpha value is -4.77. The number of ether oxygens (including phenoxy) is 2. The van der Waals surface area contributed by atoms with E-state index in [0.717, 1.165) is 55.6 Å². The van der Waals surface area contributed by atoms with Crippen LogP contribution in [-0.2, 0) is 4.79 Å². The summed E-state index contributed by atoms with van der Waals surface area (Å²) in [7, 11) is 3.33. The van der Waals surface area contributed by atoms with E-state index in [1.165, 1.54) is 0 Å². The van der Waals surface area contributed by atoms with Gasteiger partial charge in [-0.3, -0.25) is 4.79 Å². The number of rotatable bonds is 10. The summed E-state index contributed by atoms with van der Waals surface area (Å²) < 4.78 is 10.8. The fourth-order valence-electron chi connectivity index (χ4n) is 5.79. The molecule has 2 heterocycles. The number of para-hydroxylation sites is 2. The first-order valence-corrected chi connectivity index (χ1v) is 13.6. The highest BCUT2D eigenvalue weighted by atomic mass is 16.5. The number of benzene rings is 4. The minimum absolute atomic E-state index is 0.0888. The number of methoxy groups -OCH3 is 2. The second kappa shape index (κ2) is 11.1. The smallest absolute Gasteiger partial charge is 0.134 e. The summed E-state index contributed by atoms with van der Waals surface area (Å²) in [6.07, 6.45) is 4.88. The Labute approximate surface area is 233 Å². The minimum atomic E-state index is -0.0888. The van der Waals surface area contributed by atoms with E-state index in [-0.39, 0.29) is 17.6 Å². The molecule has 0 amide bonds. The quantitative estimate of drug-likeness (QED) is 0.189. The lowest BCUT2D eigenvalue weighted by Gasteiger charge is -2.21. The van der Waals surface area contributed by atoms with Crippen molar-refractivity contribution in [1.29, 1.82) is 0 Å². The molecule has 6 aromatic rings. The van der Waals surface area contributed by atoms with Gasteiger partial charge in [0.1, 0.15) is 17.3 Å². The van der Waals surface area contributed by atoms with E-state index in [4.69, 9.17) is 9.47 Å². The van der Waals surface area contributed by atoms with E-state index in [9.17, 15) is 4.79 Å². The summed E-state index contributed by atoms with van der Waals surface area (Å²) in [6, 6.07) is 32.7. The predicted octanol–water partition coefficient (Wildman–Crippen LogP) is 7.98. The van der Waals surface area contributed by atoms with Gasteiger partial charge in [0, 0.05) is 58.9 Å². The van der Waals surface area contributed by atoms with Crippen molar-refractivity contribution in [3.63, 3.8) is 0 Å². The Kier molecular flexibility index (Phi) is 7.11. The molecule has 0 aliphatic rings. The van der Waals surface area contributed by atoms with Gasteiger partial charge >= 0.3 is 0 Å². The van der Waals surface area contributed by atoms with Gasteiger partial charge in [0.2, 0.25) is 0 Å². The highest BCUT2D eigenvalue weighted by Crippen LogP contribution is 2.38. The average Bonchev–Trinajstić information content (AvgIpc) is 3.64. The fraction of sp³-hybridized carbons (Fsp3) is 0.171. The van der Waals surface area contributed by atoms with Gasteiger partial charge in [-0.2, -0.15) is 0 Å². The van der Waals surface area contributed by atoms with Crippen LogP contribution in [0.1, 0.15) is 46.9 Å². The maximum atomic E-state index is 14.0. The number of aromatic nitrogens is 2. The van der Waals surface area contributed by atoms with Gasteiger partial charge in [0.25, 0.3) is 0 Å². The molecule has 200 valence electrons. The van der Waals surface area contributed by atoms with Crippen LogP contribution in [0.3, 0.4) is 0 Å². The standard InChI is InChI=1S/C35H32N2O3/c1-39-26-15-11-23(12-16-26)30(32-21-36-34-9-5-3-7-28(32)34)19-25(38)20-31(24-13-17-27(40-2)18-14-24)33-22-37-35-10-6-4-8-29(33)35/h3-18,21-22,30-31,36-37H,19-20H2,1-2H3. The summed E-state index contributed by atoms with van der Waals surface area (Å²) in [5.74, 6) is 1.62. The molecule has 4 aromatic carbocycles. The highest BCUT2D eigenvalue weighted by Gasteiger charge is 2.26. The summed E-state index contributed by atoms with van der Waals surface area (Å²) in [5.41, 5.74) is 6.57. The number of carbonyl (C=O) groups is 1. The van der Waals surface area contributed by atoms with Crippen LogP contribution in [0.5, 0.6) is 11.5 Å². The van der Waals surface area contributed by atoms with Crippen LogP contribution >= 0.6 is 0 Å². The second-order valence-electron chi connectivity index (χ2n) is 10.2. The van der Waals surface area contributed by atoms with Gasteiger partial charge in [0.15, 0.2) is 0 Å². The number of ketones is 1. The maximum Gasteiger partial charge on any atom is 0.134 e. The van der Waals surface area contributed by atoms with E-state index in [0.29, 0.717) is 12.8 Å². The molecule has 6 rings (SSSR count). The molecule has 40 heavy (non-hydrogen) atoms. The van der Waals surface area contributed by atoms with Crippen LogP contribution in [0.15, 0.2) is 109 Å². The van der Waals surface area contributed by atoms with E-state index in [2.05, 4.69) is 58.5 Å². The topological polar surface area (TPSA) is 67.1 Å². The first-order chi connectivity index (χ1) is 19.6. The summed E-state index contributed by atoms with van der Waals surface area (Å²) in [5, 5.41) is 2.28. The van der Waals surface area contributed by atoms with Gasteiger partial charge in [-0.15, -0.1) is 0 Å². The van der Waals surface area contributed by atoms with Crippen LogP contribution in [0.25, 0.3) is 21.8 Å². The summed E-state index contributed by atoms with van der Waals surface area (Å²) in [6.45, 7) is 0. The molecule has 0 saturated carbocycles. The van der Waals surface area contributed by atoms with E-state index in [1.807, 2.05) is 60.9 Å². The highest BCUT2D eigenvalue weighted by molar-refractivity contribution is 5.88. The normalized spacial score (nSPS) is 12.8. The third-order valence-corrected chi connectivity index (χ3v) is 7.89. The number of carbonyl (C=O) groups excluding carboxylic acids is 1. The van der Waals surface area contributed by atoms with Gasteiger partial charge in [0.05, 0.1) is 14.2 Å². The molecular formula is C35H32N2O3. The van der Waals surface area contributed by atoms with E-state index >= 15 is 0 Å². The molecule has 0 aliphatic heterocycles. The van der Waals surface area contributed by atoms with Crippen LogP contribution in [0.4, 0.5) is 0 Å². The zero-order chi connectivity index (χ0) is 27.5. The molecule has 0 radical (unpaired) electrons. The SMILES string of the molecule is COc1ccc(C(CC(=O)CC(c2ccc(OC)cc2)c2c[nH]c3ccccc23)c2c[nH]c3ccccc23)cc1. The minimum Gasteiger partial charge on any atom is -0.497 e. The van der Waals surface area contributed by atoms with Crippen LogP contribution < -0.4 is 9.47 Å². The van der Waals surface area contributed by atoms with E-state index < -0.39 is 0 Å². The molecule has 5 heteroatoms. The van der Waals surface area contributed by atoms with Crippen LogP contribution in [-0.4, -0.2) is 30.0 Å². The maximum absolute atomic E-state index is 14.0. The molecule has 0 bridgehead atoms. The fourth-order valence-corrected chi connectivity index (χ4v) is 5.79. The largest absolute Gasteiger partial charge is 0.497 e. The van der Waals surface area contributed by atoms with Crippen molar-refractivity contribution in [3.05, 3.63) is 132 Å². The molecule has 0 aliphatic carbocycles. The Bertz CT molecular complexity index is 1620. The number of H-pyrrole nitrogens is 2. The van der Waals surface area contributed by atoms with Crippen LogP contribution in [0.2, 0.25) is 0 Å². The van der Waals surface area contributed by atoms with E-state index in [1.54, 1.807) is 14.2 Å². The number of nitrogens with one attached hydrogen (secondary N) is 2.